The number of carbonyl (C=O) groups is 1. The Hall–Kier alpha value is -1.45. The number of hydrogen-bond donors (Lipinski definition) is 1. The van der Waals surface area contributed by atoms with Crippen LogP contribution in [0.1, 0.15) is 36.5 Å². The van der Waals surface area contributed by atoms with Crippen LogP contribution in [0.25, 0.3) is 0 Å². The van der Waals surface area contributed by atoms with Crippen LogP contribution in [0.3, 0.4) is 0 Å². The van der Waals surface area contributed by atoms with E-state index in [2.05, 4.69) is 16.4 Å². The summed E-state index contributed by atoms with van der Waals surface area (Å²) in [5, 5.41) is 15.0. The van der Waals surface area contributed by atoms with Crippen LogP contribution in [0.15, 0.2) is 5.38 Å². The van der Waals surface area contributed by atoms with Gasteiger partial charge in [0, 0.05) is 24.3 Å². The first-order chi connectivity index (χ1) is 9.07. The molecule has 5 nitrogen and oxygen atoms in total. The average molecular weight is 279 g/mol. The summed E-state index contributed by atoms with van der Waals surface area (Å²) >= 11 is 1.52. The summed E-state index contributed by atoms with van der Waals surface area (Å²) in [6.07, 6.45) is 0.915. The quantitative estimate of drug-likeness (QED) is 0.917. The fourth-order valence-corrected chi connectivity index (χ4v) is 2.88. The van der Waals surface area contributed by atoms with Crippen LogP contribution in [-0.4, -0.2) is 24.1 Å². The fraction of sp³-hybridized carbons (Fsp3) is 0.615. The SMILES string of the molecule is Cc1csc(C(C)NC(=O)C2(C#N)CCOCC2)n1. The molecular formula is C13H17N3O2S. The number of hydrogen-bond acceptors (Lipinski definition) is 5. The Morgan fingerprint density at radius 3 is 2.84 bits per heavy atom. The molecule has 1 aliphatic rings. The van der Waals surface area contributed by atoms with Crippen LogP contribution in [0.5, 0.6) is 0 Å². The van der Waals surface area contributed by atoms with Crippen LogP contribution in [0.2, 0.25) is 0 Å². The fourth-order valence-electron chi connectivity index (χ4n) is 2.08. The van der Waals surface area contributed by atoms with Crippen molar-refractivity contribution in [1.82, 2.24) is 10.3 Å². The normalized spacial score (nSPS) is 19.4. The van der Waals surface area contributed by atoms with Crippen LogP contribution in [0.4, 0.5) is 0 Å². The number of aromatic nitrogens is 1. The van der Waals surface area contributed by atoms with Crippen molar-refractivity contribution < 1.29 is 9.53 Å². The highest BCUT2D eigenvalue weighted by atomic mass is 32.1. The summed E-state index contributed by atoms with van der Waals surface area (Å²) in [7, 11) is 0. The van der Waals surface area contributed by atoms with Gasteiger partial charge in [-0.25, -0.2) is 4.98 Å². The first kappa shape index (κ1) is 14.0. The molecule has 0 saturated carbocycles. The van der Waals surface area contributed by atoms with Crippen LogP contribution < -0.4 is 5.32 Å². The molecule has 1 fully saturated rings. The lowest BCUT2D eigenvalue weighted by Gasteiger charge is -2.30. The highest BCUT2D eigenvalue weighted by Gasteiger charge is 2.41. The molecule has 2 heterocycles. The summed E-state index contributed by atoms with van der Waals surface area (Å²) < 4.78 is 5.23. The Morgan fingerprint density at radius 1 is 1.63 bits per heavy atom. The molecular weight excluding hydrogens is 262 g/mol. The van der Waals surface area contributed by atoms with Gasteiger partial charge in [0.15, 0.2) is 0 Å². The second-order valence-corrected chi connectivity index (χ2v) is 5.72. The Balaban J connectivity index is 2.05. The molecule has 0 spiro atoms. The van der Waals surface area contributed by atoms with Crippen LogP contribution in [-0.2, 0) is 9.53 Å². The van der Waals surface area contributed by atoms with E-state index in [-0.39, 0.29) is 11.9 Å². The smallest absolute Gasteiger partial charge is 0.241 e. The van der Waals surface area contributed by atoms with Gasteiger partial charge < -0.3 is 10.1 Å². The van der Waals surface area contributed by atoms with Gasteiger partial charge in [-0.2, -0.15) is 5.26 Å². The molecule has 1 saturated heterocycles. The molecule has 1 unspecified atom stereocenters. The topological polar surface area (TPSA) is 75.0 Å². The molecule has 1 N–H and O–H groups in total. The van der Waals surface area contributed by atoms with E-state index in [0.29, 0.717) is 26.1 Å². The van der Waals surface area contributed by atoms with Crippen molar-refractivity contribution in [1.29, 1.82) is 5.26 Å². The van der Waals surface area contributed by atoms with Gasteiger partial charge >= 0.3 is 0 Å². The highest BCUT2D eigenvalue weighted by Crippen LogP contribution is 2.31. The average Bonchev–Trinajstić information content (AvgIpc) is 2.86. The Kier molecular flexibility index (Phi) is 4.17. The number of rotatable bonds is 3. The molecule has 102 valence electrons. The number of nitrogens with zero attached hydrogens (tertiary/aromatic N) is 2. The van der Waals surface area contributed by atoms with E-state index in [1.54, 1.807) is 0 Å². The second kappa shape index (κ2) is 5.68. The van der Waals surface area contributed by atoms with Gasteiger partial charge in [-0.05, 0) is 26.7 Å². The molecule has 2 rings (SSSR count). The third-order valence-corrected chi connectivity index (χ3v) is 4.50. The molecule has 0 aromatic carbocycles. The number of ether oxygens (including phenoxy) is 1. The minimum Gasteiger partial charge on any atom is -0.381 e. The van der Waals surface area contributed by atoms with E-state index in [1.807, 2.05) is 19.2 Å². The lowest BCUT2D eigenvalue weighted by atomic mass is 9.80. The first-order valence-corrected chi connectivity index (χ1v) is 7.17. The van der Waals surface area contributed by atoms with Crippen molar-refractivity contribution in [2.24, 2.45) is 5.41 Å². The zero-order valence-corrected chi connectivity index (χ0v) is 11.9. The number of amides is 1. The van der Waals surface area contributed by atoms with Crippen LogP contribution >= 0.6 is 11.3 Å². The molecule has 0 aliphatic carbocycles. The van der Waals surface area contributed by atoms with E-state index < -0.39 is 5.41 Å². The molecule has 0 bridgehead atoms. The Morgan fingerprint density at radius 2 is 2.32 bits per heavy atom. The number of carbonyl (C=O) groups excluding carboxylic acids is 1. The summed E-state index contributed by atoms with van der Waals surface area (Å²) in [4.78, 5) is 16.7. The number of aryl methyl sites for hydroxylation is 1. The van der Waals surface area contributed by atoms with Crippen molar-refractivity contribution in [2.45, 2.75) is 32.7 Å². The van der Waals surface area contributed by atoms with Crippen molar-refractivity contribution >= 4 is 17.2 Å². The zero-order valence-electron chi connectivity index (χ0n) is 11.1. The van der Waals surface area contributed by atoms with E-state index in [4.69, 9.17) is 4.74 Å². The lowest BCUT2D eigenvalue weighted by molar-refractivity contribution is -0.133. The molecule has 1 aliphatic heterocycles. The largest absolute Gasteiger partial charge is 0.381 e. The molecule has 1 atom stereocenters. The number of nitriles is 1. The van der Waals surface area contributed by atoms with E-state index in [0.717, 1.165) is 10.7 Å². The predicted octanol–water partition coefficient (Wildman–Crippen LogP) is 1.95. The van der Waals surface area contributed by atoms with Crippen molar-refractivity contribution in [3.63, 3.8) is 0 Å². The first-order valence-electron chi connectivity index (χ1n) is 6.29. The predicted molar refractivity (Wildman–Crippen MR) is 71.5 cm³/mol. The van der Waals surface area contributed by atoms with Crippen molar-refractivity contribution in [3.8, 4) is 6.07 Å². The van der Waals surface area contributed by atoms with Crippen molar-refractivity contribution in [3.05, 3.63) is 16.1 Å². The summed E-state index contributed by atoms with van der Waals surface area (Å²) in [5.74, 6) is -0.210. The Labute approximate surface area is 116 Å². The van der Waals surface area contributed by atoms with E-state index in [9.17, 15) is 10.1 Å². The van der Waals surface area contributed by atoms with Gasteiger partial charge in [0.25, 0.3) is 0 Å². The van der Waals surface area contributed by atoms with Gasteiger partial charge in [0.2, 0.25) is 5.91 Å². The molecule has 19 heavy (non-hydrogen) atoms. The molecule has 0 radical (unpaired) electrons. The van der Waals surface area contributed by atoms with Gasteiger partial charge in [-0.15, -0.1) is 11.3 Å². The minimum atomic E-state index is -0.946. The summed E-state index contributed by atoms with van der Waals surface area (Å²) in [6.45, 7) is 4.74. The third kappa shape index (κ3) is 2.94. The standard InChI is InChI=1S/C13H17N3O2S/c1-9-7-19-11(15-9)10(2)16-12(17)13(8-14)3-5-18-6-4-13/h7,10H,3-6H2,1-2H3,(H,16,17). The molecule has 1 aromatic rings. The highest BCUT2D eigenvalue weighted by molar-refractivity contribution is 7.09. The number of nitrogens with one attached hydrogen (secondary N) is 1. The summed E-state index contributed by atoms with van der Waals surface area (Å²) in [5.41, 5.74) is 0.000825. The van der Waals surface area contributed by atoms with Gasteiger partial charge in [-0.3, -0.25) is 4.79 Å². The molecule has 6 heteroatoms. The number of thiazole rings is 1. The van der Waals surface area contributed by atoms with Gasteiger partial charge in [0.1, 0.15) is 10.4 Å². The maximum Gasteiger partial charge on any atom is 0.241 e. The van der Waals surface area contributed by atoms with E-state index >= 15 is 0 Å². The van der Waals surface area contributed by atoms with E-state index in [1.165, 1.54) is 11.3 Å². The van der Waals surface area contributed by atoms with Crippen molar-refractivity contribution in [2.75, 3.05) is 13.2 Å². The molecule has 1 aromatic heterocycles. The zero-order chi connectivity index (χ0) is 13.9. The lowest BCUT2D eigenvalue weighted by Crippen LogP contribution is -2.44. The van der Waals surface area contributed by atoms with Gasteiger partial charge in [0.05, 0.1) is 12.1 Å². The summed E-state index contributed by atoms with van der Waals surface area (Å²) in [6, 6.07) is 2.00. The monoisotopic (exact) mass is 279 g/mol. The van der Waals surface area contributed by atoms with Crippen LogP contribution in [0, 0.1) is 23.7 Å². The second-order valence-electron chi connectivity index (χ2n) is 4.83. The maximum atomic E-state index is 12.3. The minimum absolute atomic E-state index is 0.167. The maximum absolute atomic E-state index is 12.3. The Bertz CT molecular complexity index is 500. The van der Waals surface area contributed by atoms with Gasteiger partial charge in [-0.1, -0.05) is 0 Å². The molecule has 1 amide bonds. The third-order valence-electron chi connectivity index (χ3n) is 3.35.